The second-order valence-corrected chi connectivity index (χ2v) is 9.20. The molecule has 6 nitrogen and oxygen atoms in total. The molecule has 0 amide bonds. The number of carboxylic acid groups (broad SMARTS) is 1. The topological polar surface area (TPSA) is 88.7 Å². The summed E-state index contributed by atoms with van der Waals surface area (Å²) in [4.78, 5) is 16.2. The normalized spacial score (nSPS) is 11.8. The zero-order chi connectivity index (χ0) is 19.9. The van der Waals surface area contributed by atoms with Crippen LogP contribution >= 0.6 is 22.9 Å². The minimum atomic E-state index is -3.94. The molecule has 1 N–H and O–H groups in total. The third kappa shape index (κ3) is 3.30. The van der Waals surface area contributed by atoms with E-state index in [1.54, 1.807) is 23.7 Å². The highest BCUT2D eigenvalue weighted by Gasteiger charge is 2.27. The summed E-state index contributed by atoms with van der Waals surface area (Å²) in [6.07, 6.45) is 1.57. The van der Waals surface area contributed by atoms with E-state index in [9.17, 15) is 18.3 Å². The zero-order valence-corrected chi connectivity index (χ0v) is 16.6. The fourth-order valence-electron chi connectivity index (χ4n) is 3.02. The van der Waals surface area contributed by atoms with Gasteiger partial charge in [0.05, 0.1) is 11.3 Å². The molecule has 2 aromatic carbocycles. The standard InChI is InChI=1S/C19H13ClN2O4S2/c20-16-17(22-8-9-27-19(22)21-16)28(25,26)11-14-10-13(6-7-15(14)18(23)24)12-4-2-1-3-5-12/h1-10H,11H2,(H,23,24). The number of hydrogen-bond donors (Lipinski definition) is 1. The Balaban J connectivity index is 1.83. The van der Waals surface area contributed by atoms with Crippen molar-refractivity contribution in [3.8, 4) is 11.1 Å². The molecule has 142 valence electrons. The first-order valence-corrected chi connectivity index (χ1v) is 11.0. The summed E-state index contributed by atoms with van der Waals surface area (Å²) in [6, 6.07) is 14.0. The average molecular weight is 433 g/mol. The molecule has 0 aliphatic heterocycles. The molecule has 0 bridgehead atoms. The van der Waals surface area contributed by atoms with E-state index in [-0.39, 0.29) is 21.3 Å². The summed E-state index contributed by atoms with van der Waals surface area (Å²) in [5.41, 5.74) is 1.72. The molecule has 0 saturated carbocycles. The van der Waals surface area contributed by atoms with Gasteiger partial charge in [-0.05, 0) is 28.8 Å². The molecule has 0 aliphatic carbocycles. The summed E-state index contributed by atoms with van der Waals surface area (Å²) in [6.45, 7) is 0. The zero-order valence-electron chi connectivity index (χ0n) is 14.2. The summed E-state index contributed by atoms with van der Waals surface area (Å²) >= 11 is 7.33. The lowest BCUT2D eigenvalue weighted by Gasteiger charge is -2.10. The SMILES string of the molecule is O=C(O)c1ccc(-c2ccccc2)cc1CS(=O)(=O)c1c(Cl)nc2sccn12. The van der Waals surface area contributed by atoms with Crippen molar-refractivity contribution in [1.29, 1.82) is 0 Å². The number of halogens is 1. The van der Waals surface area contributed by atoms with Crippen molar-refractivity contribution in [2.75, 3.05) is 0 Å². The number of nitrogens with zero attached hydrogens (tertiary/aromatic N) is 2. The summed E-state index contributed by atoms with van der Waals surface area (Å²) in [5, 5.41) is 11.0. The Labute approximate surface area is 169 Å². The van der Waals surface area contributed by atoms with Crippen LogP contribution in [0.25, 0.3) is 16.1 Å². The highest BCUT2D eigenvalue weighted by Crippen LogP contribution is 2.30. The van der Waals surface area contributed by atoms with Crippen molar-refractivity contribution in [1.82, 2.24) is 9.38 Å². The van der Waals surface area contributed by atoms with Crippen LogP contribution in [0.2, 0.25) is 5.15 Å². The van der Waals surface area contributed by atoms with Crippen LogP contribution < -0.4 is 0 Å². The third-order valence-corrected chi connectivity index (χ3v) is 7.06. The summed E-state index contributed by atoms with van der Waals surface area (Å²) in [5.74, 6) is -1.69. The molecule has 0 aliphatic rings. The lowest BCUT2D eigenvalue weighted by Crippen LogP contribution is -2.12. The van der Waals surface area contributed by atoms with Gasteiger partial charge in [0.1, 0.15) is 0 Å². The molecular weight excluding hydrogens is 420 g/mol. The first-order chi connectivity index (χ1) is 13.4. The van der Waals surface area contributed by atoms with Gasteiger partial charge < -0.3 is 5.11 Å². The number of benzene rings is 2. The Morgan fingerprint density at radius 2 is 1.89 bits per heavy atom. The van der Waals surface area contributed by atoms with Gasteiger partial charge in [-0.25, -0.2) is 18.2 Å². The molecule has 9 heteroatoms. The monoisotopic (exact) mass is 432 g/mol. The average Bonchev–Trinajstić information content (AvgIpc) is 3.21. The van der Waals surface area contributed by atoms with Crippen LogP contribution in [-0.4, -0.2) is 28.9 Å². The van der Waals surface area contributed by atoms with E-state index in [0.717, 1.165) is 11.1 Å². The van der Waals surface area contributed by atoms with Crippen LogP contribution in [0.5, 0.6) is 0 Å². The molecular formula is C19H13ClN2O4S2. The quantitative estimate of drug-likeness (QED) is 0.505. The Morgan fingerprint density at radius 1 is 1.14 bits per heavy atom. The van der Waals surface area contributed by atoms with E-state index in [0.29, 0.717) is 4.96 Å². The molecule has 0 spiro atoms. The second kappa shape index (κ2) is 7.05. The molecule has 4 aromatic rings. The van der Waals surface area contributed by atoms with Crippen LogP contribution in [0, 0.1) is 0 Å². The highest BCUT2D eigenvalue weighted by molar-refractivity contribution is 7.90. The van der Waals surface area contributed by atoms with Gasteiger partial charge in [-0.3, -0.25) is 4.40 Å². The molecule has 0 unspecified atom stereocenters. The van der Waals surface area contributed by atoms with Crippen LogP contribution in [-0.2, 0) is 15.6 Å². The maximum absolute atomic E-state index is 13.1. The van der Waals surface area contributed by atoms with E-state index in [2.05, 4.69) is 4.98 Å². The third-order valence-electron chi connectivity index (χ3n) is 4.26. The van der Waals surface area contributed by atoms with Gasteiger partial charge in [-0.1, -0.05) is 48.0 Å². The molecule has 0 saturated heterocycles. The van der Waals surface area contributed by atoms with Gasteiger partial charge in [0.2, 0.25) is 9.84 Å². The van der Waals surface area contributed by atoms with Crippen LogP contribution in [0.1, 0.15) is 15.9 Å². The molecule has 0 fully saturated rings. The molecule has 2 aromatic heterocycles. The number of hydrogen-bond acceptors (Lipinski definition) is 5. The van der Waals surface area contributed by atoms with Crippen molar-refractivity contribution in [3.05, 3.63) is 76.4 Å². The number of rotatable bonds is 5. The van der Waals surface area contributed by atoms with Crippen LogP contribution in [0.4, 0.5) is 0 Å². The summed E-state index contributed by atoms with van der Waals surface area (Å²) in [7, 11) is -3.94. The first-order valence-electron chi connectivity index (χ1n) is 8.12. The van der Waals surface area contributed by atoms with Gasteiger partial charge in [0, 0.05) is 11.6 Å². The number of carboxylic acids is 1. The Hall–Kier alpha value is -2.68. The molecule has 4 rings (SSSR count). The number of thiazole rings is 1. The van der Waals surface area contributed by atoms with E-state index in [1.165, 1.54) is 21.8 Å². The number of imidazole rings is 1. The number of sulfone groups is 1. The molecule has 0 radical (unpaired) electrons. The minimum absolute atomic E-state index is 0.0644. The number of fused-ring (bicyclic) bond motifs is 1. The summed E-state index contributed by atoms with van der Waals surface area (Å²) < 4.78 is 27.6. The first kappa shape index (κ1) is 18.7. The van der Waals surface area contributed by atoms with Crippen molar-refractivity contribution in [2.24, 2.45) is 0 Å². The van der Waals surface area contributed by atoms with E-state index < -0.39 is 21.6 Å². The Bertz CT molecular complexity index is 1290. The lowest BCUT2D eigenvalue weighted by molar-refractivity contribution is 0.0696. The maximum atomic E-state index is 13.1. The van der Waals surface area contributed by atoms with Crippen LogP contribution in [0.15, 0.2) is 65.1 Å². The van der Waals surface area contributed by atoms with Crippen LogP contribution in [0.3, 0.4) is 0 Å². The second-order valence-electron chi connectivity index (χ2n) is 6.07. The fraction of sp³-hybridized carbons (Fsp3) is 0.0526. The Morgan fingerprint density at radius 3 is 2.61 bits per heavy atom. The predicted octanol–water partition coefficient (Wildman–Crippen LogP) is 4.39. The van der Waals surface area contributed by atoms with Gasteiger partial charge in [0.15, 0.2) is 15.1 Å². The predicted molar refractivity (Wildman–Crippen MR) is 108 cm³/mol. The lowest BCUT2D eigenvalue weighted by atomic mass is 10.00. The molecule has 0 atom stereocenters. The minimum Gasteiger partial charge on any atom is -0.478 e. The van der Waals surface area contributed by atoms with Crippen molar-refractivity contribution >= 4 is 43.7 Å². The number of aromatic nitrogens is 2. The smallest absolute Gasteiger partial charge is 0.335 e. The van der Waals surface area contributed by atoms with Crippen molar-refractivity contribution in [2.45, 2.75) is 10.8 Å². The molecule has 28 heavy (non-hydrogen) atoms. The molecule has 2 heterocycles. The van der Waals surface area contributed by atoms with E-state index in [1.807, 2.05) is 30.3 Å². The number of aromatic carboxylic acids is 1. The largest absolute Gasteiger partial charge is 0.478 e. The van der Waals surface area contributed by atoms with Gasteiger partial charge in [-0.2, -0.15) is 0 Å². The van der Waals surface area contributed by atoms with Gasteiger partial charge in [0.25, 0.3) is 0 Å². The number of carbonyl (C=O) groups is 1. The maximum Gasteiger partial charge on any atom is 0.335 e. The van der Waals surface area contributed by atoms with Gasteiger partial charge >= 0.3 is 5.97 Å². The fourth-order valence-corrected chi connectivity index (χ4v) is 5.90. The van der Waals surface area contributed by atoms with E-state index in [4.69, 9.17) is 11.6 Å². The van der Waals surface area contributed by atoms with E-state index >= 15 is 0 Å². The van der Waals surface area contributed by atoms with Crippen molar-refractivity contribution in [3.63, 3.8) is 0 Å². The Kier molecular flexibility index (Phi) is 4.70. The highest BCUT2D eigenvalue weighted by atomic mass is 35.5. The van der Waals surface area contributed by atoms with Gasteiger partial charge in [-0.15, -0.1) is 11.3 Å². The van der Waals surface area contributed by atoms with Crippen molar-refractivity contribution < 1.29 is 18.3 Å².